The highest BCUT2D eigenvalue weighted by molar-refractivity contribution is 6.99. The zero-order valence-electron chi connectivity index (χ0n) is 50.4. The Morgan fingerprint density at radius 1 is 0.625 bits per heavy atom. The summed E-state index contributed by atoms with van der Waals surface area (Å²) in [7, 11) is -9.41. The summed E-state index contributed by atoms with van der Waals surface area (Å²) in [5.41, 5.74) is 2.85. The van der Waals surface area contributed by atoms with Crippen molar-refractivity contribution in [2.45, 2.75) is 234 Å². The summed E-state index contributed by atoms with van der Waals surface area (Å²) >= 11 is 0. The summed E-state index contributed by atoms with van der Waals surface area (Å²) in [6, 6.07) is 26.0. The van der Waals surface area contributed by atoms with E-state index in [9.17, 15) is 0 Å². The number of pyridine rings is 1. The van der Waals surface area contributed by atoms with Crippen molar-refractivity contribution in [2.24, 2.45) is 17.3 Å². The Hall–Kier alpha value is -2.55. The minimum absolute atomic E-state index is 0.00223. The van der Waals surface area contributed by atoms with Gasteiger partial charge in [0.25, 0.3) is 8.32 Å². The van der Waals surface area contributed by atoms with E-state index in [1.165, 1.54) is 21.5 Å². The third-order valence-corrected chi connectivity index (χ3v) is 35.8. The summed E-state index contributed by atoms with van der Waals surface area (Å²) in [5, 5.41) is 2.48. The fourth-order valence-electron chi connectivity index (χ4n) is 9.19. The molecule has 0 fully saturated rings. The first-order chi connectivity index (χ1) is 32.8. The molecule has 0 aliphatic carbocycles. The molecule has 0 aliphatic rings. The number of hydrogen-bond acceptors (Lipinski definition) is 6. The van der Waals surface area contributed by atoms with Gasteiger partial charge in [-0.05, 0) is 139 Å². The van der Waals surface area contributed by atoms with E-state index in [4.69, 9.17) is 17.7 Å². The Morgan fingerprint density at radius 3 is 1.58 bits per heavy atom. The third kappa shape index (κ3) is 16.5. The van der Waals surface area contributed by atoms with Crippen LogP contribution < -0.4 is 10.4 Å². The molecule has 5 atom stereocenters. The SMILES string of the molecule is C/C(=C\C[C@H](O[Si](c1ccccc1)(c1ccccc1)C(C)(C)C)/C(C)=C/c1cccnc1)CCC[C@H](C)[C@H](O[Si](C)(C)C(C)(C)C)[C@@H](C)C(=O)C(C)(C)[C@H](CCO[Si](C)(C)C(C)(C)C)O[Si](C)(C)C(C)(C)C. The molecule has 0 spiro atoms. The normalized spacial score (nSPS) is 16.6. The number of allylic oxidation sites excluding steroid dienone is 1. The molecule has 0 amide bonds. The van der Waals surface area contributed by atoms with Crippen molar-refractivity contribution in [1.29, 1.82) is 0 Å². The van der Waals surface area contributed by atoms with E-state index in [0.717, 1.165) is 31.2 Å². The topological polar surface area (TPSA) is 66.9 Å². The zero-order chi connectivity index (χ0) is 54.9. The minimum atomic E-state index is -2.87. The van der Waals surface area contributed by atoms with Crippen LogP contribution in [0.25, 0.3) is 6.08 Å². The number of ketones is 1. The number of benzene rings is 2. The van der Waals surface area contributed by atoms with Crippen molar-refractivity contribution >= 4 is 55.5 Å². The molecule has 404 valence electrons. The number of hydrogen-bond donors (Lipinski definition) is 0. The summed E-state index contributed by atoms with van der Waals surface area (Å²) in [5.74, 6) is 0.0765. The third-order valence-electron chi connectivity index (χ3n) is 17.3. The standard InChI is InChI=1S/C62H105NO5Si4/c1-47(40-41-54(49(3)45-51-35-32-43-63-46-51)66-72(61(14,15)16,52-36-27-25-28-37-52)53-38-29-26-30-39-53)33-31-34-48(2)56(68-71(23,24)60(11,12)13)50(4)57(64)62(17,18)55(67-70(21,22)59(8,9)10)42-44-65-69(19,20)58(5,6)7/h25-30,32,35-40,43,45-46,48,50,54-56H,31,33-34,41-42,44H2,1-24H3/b47-40+,49-45+/t48-,50+,54-,55-,56-/m0/s1. The van der Waals surface area contributed by atoms with Gasteiger partial charge in [-0.25, -0.2) is 0 Å². The molecule has 0 saturated carbocycles. The molecule has 0 bridgehead atoms. The molecule has 72 heavy (non-hydrogen) atoms. The predicted molar refractivity (Wildman–Crippen MR) is 322 cm³/mol. The van der Waals surface area contributed by atoms with Crippen LogP contribution in [0.5, 0.6) is 0 Å². The Morgan fingerprint density at radius 2 is 1.12 bits per heavy atom. The summed E-state index contributed by atoms with van der Waals surface area (Å²) in [4.78, 5) is 19.8. The first-order valence-corrected chi connectivity index (χ1v) is 38.0. The van der Waals surface area contributed by atoms with E-state index in [2.05, 4.69) is 248 Å². The fraction of sp³-hybridized carbons (Fsp3) is 0.645. The Labute approximate surface area is 446 Å². The molecule has 0 saturated heterocycles. The van der Waals surface area contributed by atoms with Crippen LogP contribution in [0.15, 0.2) is 102 Å². The van der Waals surface area contributed by atoms with E-state index >= 15 is 4.79 Å². The first-order valence-electron chi connectivity index (χ1n) is 27.4. The van der Waals surface area contributed by atoms with E-state index in [1.54, 1.807) is 0 Å². The Balaban J connectivity index is 1.99. The number of carbonyl (C=O) groups is 1. The van der Waals surface area contributed by atoms with Crippen LogP contribution in [0.1, 0.15) is 162 Å². The Bertz CT molecular complexity index is 2150. The van der Waals surface area contributed by atoms with Gasteiger partial charge in [-0.3, -0.25) is 9.78 Å². The lowest BCUT2D eigenvalue weighted by Gasteiger charge is -2.47. The molecule has 0 radical (unpaired) electrons. The quantitative estimate of drug-likeness (QED) is 0.0622. The fourth-order valence-corrected chi connectivity index (χ4v) is 17.9. The Kier molecular flexibility index (Phi) is 22.2. The first kappa shape index (κ1) is 63.7. The van der Waals surface area contributed by atoms with Gasteiger partial charge in [0.05, 0.1) is 18.3 Å². The van der Waals surface area contributed by atoms with Gasteiger partial charge in [0, 0.05) is 30.3 Å². The highest BCUT2D eigenvalue weighted by atomic mass is 28.4. The van der Waals surface area contributed by atoms with Crippen LogP contribution in [-0.4, -0.2) is 69.0 Å². The van der Waals surface area contributed by atoms with E-state index in [0.29, 0.717) is 13.0 Å². The van der Waals surface area contributed by atoms with Gasteiger partial charge in [-0.2, -0.15) is 0 Å². The second-order valence-corrected chi connectivity index (χ2v) is 46.2. The van der Waals surface area contributed by atoms with E-state index < -0.39 is 38.7 Å². The molecule has 0 N–H and O–H groups in total. The summed E-state index contributed by atoms with van der Waals surface area (Å²) < 4.78 is 29.3. The number of nitrogens with zero attached hydrogens (tertiary/aromatic N) is 1. The van der Waals surface area contributed by atoms with Crippen LogP contribution in [0.4, 0.5) is 0 Å². The molecule has 3 rings (SSSR count). The largest absolute Gasteiger partial charge is 0.417 e. The maximum atomic E-state index is 15.4. The van der Waals surface area contributed by atoms with E-state index in [-0.39, 0.29) is 56.1 Å². The average Bonchev–Trinajstić information content (AvgIpc) is 3.26. The molecule has 0 aliphatic heterocycles. The maximum absolute atomic E-state index is 15.4. The number of Topliss-reactive ketones (excluding diaryl/α,β-unsaturated/α-hetero) is 1. The van der Waals surface area contributed by atoms with Crippen molar-refractivity contribution in [1.82, 2.24) is 4.98 Å². The molecular weight excluding hydrogens is 951 g/mol. The van der Waals surface area contributed by atoms with Crippen molar-refractivity contribution < 1.29 is 22.5 Å². The van der Waals surface area contributed by atoms with Gasteiger partial charge in [0.15, 0.2) is 25.0 Å². The molecule has 3 aromatic rings. The monoisotopic (exact) mass is 1060 g/mol. The lowest BCUT2D eigenvalue weighted by Crippen LogP contribution is -2.67. The number of aromatic nitrogens is 1. The zero-order valence-corrected chi connectivity index (χ0v) is 54.4. The lowest BCUT2D eigenvalue weighted by molar-refractivity contribution is -0.141. The highest BCUT2D eigenvalue weighted by Gasteiger charge is 2.52. The number of carbonyl (C=O) groups excluding carboxylic acids is 1. The van der Waals surface area contributed by atoms with Crippen molar-refractivity contribution in [3.05, 3.63) is 108 Å². The molecule has 1 aromatic heterocycles. The highest BCUT2D eigenvalue weighted by Crippen LogP contribution is 2.45. The van der Waals surface area contributed by atoms with Gasteiger partial charge < -0.3 is 17.7 Å². The predicted octanol–water partition coefficient (Wildman–Crippen LogP) is 17.0. The molecule has 0 unspecified atom stereocenters. The van der Waals surface area contributed by atoms with Crippen LogP contribution in [-0.2, 0) is 22.5 Å². The van der Waals surface area contributed by atoms with Crippen LogP contribution in [0.3, 0.4) is 0 Å². The lowest BCUT2D eigenvalue weighted by atomic mass is 9.73. The smallest absolute Gasteiger partial charge is 0.261 e. The average molecular weight is 1060 g/mol. The molecular formula is C62H105NO5Si4. The van der Waals surface area contributed by atoms with Crippen LogP contribution in [0.2, 0.25) is 59.4 Å². The summed E-state index contributed by atoms with van der Waals surface area (Å²) in [6.07, 6.45) is 12.1. The van der Waals surface area contributed by atoms with Gasteiger partial charge in [0.2, 0.25) is 0 Å². The molecule has 10 heteroatoms. The van der Waals surface area contributed by atoms with Gasteiger partial charge in [-0.15, -0.1) is 0 Å². The molecule has 1 heterocycles. The van der Waals surface area contributed by atoms with Crippen LogP contribution >= 0.6 is 0 Å². The van der Waals surface area contributed by atoms with Gasteiger partial charge >= 0.3 is 0 Å². The second kappa shape index (κ2) is 25.1. The van der Waals surface area contributed by atoms with Gasteiger partial charge in [-0.1, -0.05) is 195 Å². The molecule has 6 nitrogen and oxygen atoms in total. The van der Waals surface area contributed by atoms with Crippen molar-refractivity contribution in [3.8, 4) is 0 Å². The summed E-state index contributed by atoms with van der Waals surface area (Å²) in [6.45, 7) is 55.4. The van der Waals surface area contributed by atoms with Crippen molar-refractivity contribution in [3.63, 3.8) is 0 Å². The second-order valence-electron chi connectivity index (χ2n) is 27.6. The maximum Gasteiger partial charge on any atom is 0.261 e. The van der Waals surface area contributed by atoms with Gasteiger partial charge in [0.1, 0.15) is 5.78 Å². The number of rotatable bonds is 25. The van der Waals surface area contributed by atoms with Crippen molar-refractivity contribution in [2.75, 3.05) is 6.61 Å². The molecule has 2 aromatic carbocycles. The van der Waals surface area contributed by atoms with E-state index in [1.807, 2.05) is 18.5 Å². The minimum Gasteiger partial charge on any atom is -0.417 e. The van der Waals surface area contributed by atoms with Crippen LogP contribution in [0, 0.1) is 17.3 Å².